The maximum atomic E-state index is 13.5. The van der Waals surface area contributed by atoms with E-state index >= 15 is 0 Å². The molecular formula is C51H60N10O10. The van der Waals surface area contributed by atoms with Crippen LogP contribution >= 0.6 is 0 Å². The number of aromatic nitrogens is 5. The molecule has 9 rings (SSSR count). The number of amides is 5. The third kappa shape index (κ3) is 11.8. The van der Waals surface area contributed by atoms with E-state index in [1.54, 1.807) is 21.8 Å². The average Bonchev–Trinajstić information content (AvgIpc) is 4.12. The molecule has 2 atom stereocenters. The number of hydrogen-bond donors (Lipinski definition) is 3. The van der Waals surface area contributed by atoms with Gasteiger partial charge < -0.3 is 44.5 Å². The molecule has 0 aliphatic carbocycles. The average molecular weight is 973 g/mol. The Morgan fingerprint density at radius 3 is 2.20 bits per heavy atom. The summed E-state index contributed by atoms with van der Waals surface area (Å²) in [5, 5.41) is 19.0. The fourth-order valence-corrected chi connectivity index (χ4v) is 9.80. The lowest BCUT2D eigenvalue weighted by Gasteiger charge is -2.38. The van der Waals surface area contributed by atoms with Crippen molar-refractivity contribution in [3.63, 3.8) is 0 Å². The van der Waals surface area contributed by atoms with Crippen molar-refractivity contribution in [1.82, 2.24) is 39.9 Å². The van der Waals surface area contributed by atoms with E-state index in [1.165, 1.54) is 0 Å². The number of piperidine rings is 2. The number of likely N-dealkylation sites (tertiary alicyclic amines) is 1. The molecule has 0 spiro atoms. The Balaban J connectivity index is 0.620. The smallest absolute Gasteiger partial charge is 0.276 e. The lowest BCUT2D eigenvalue weighted by molar-refractivity contribution is -0.136. The summed E-state index contributed by atoms with van der Waals surface area (Å²) in [7, 11) is 0. The van der Waals surface area contributed by atoms with Crippen LogP contribution in [0.1, 0.15) is 86.9 Å². The van der Waals surface area contributed by atoms with E-state index in [2.05, 4.69) is 20.9 Å². The molecule has 3 aromatic carbocycles. The van der Waals surface area contributed by atoms with Crippen LogP contribution in [0.4, 0.5) is 5.82 Å². The number of nitrogens with zero attached hydrogens (tertiary/aromatic N) is 7. The van der Waals surface area contributed by atoms with Gasteiger partial charge in [0.1, 0.15) is 34.6 Å². The van der Waals surface area contributed by atoms with E-state index in [1.807, 2.05) is 76.3 Å². The van der Waals surface area contributed by atoms with Crippen molar-refractivity contribution in [2.45, 2.75) is 70.1 Å². The van der Waals surface area contributed by atoms with Crippen molar-refractivity contribution in [1.29, 1.82) is 0 Å². The summed E-state index contributed by atoms with van der Waals surface area (Å²) in [5.41, 5.74) is 10.5. The van der Waals surface area contributed by atoms with Crippen molar-refractivity contribution in [2.24, 2.45) is 11.7 Å². The monoisotopic (exact) mass is 972 g/mol. The second-order valence-corrected chi connectivity index (χ2v) is 18.0. The van der Waals surface area contributed by atoms with Crippen LogP contribution in [-0.2, 0) is 48.0 Å². The number of anilines is 1. The maximum absolute atomic E-state index is 13.5. The van der Waals surface area contributed by atoms with Gasteiger partial charge >= 0.3 is 0 Å². The van der Waals surface area contributed by atoms with Gasteiger partial charge in [0.05, 0.1) is 65.0 Å². The fourth-order valence-electron chi connectivity index (χ4n) is 9.80. The number of imide groups is 1. The minimum atomic E-state index is -0.629. The summed E-state index contributed by atoms with van der Waals surface area (Å²) in [5.74, 6) is 0.682. The third-order valence-corrected chi connectivity index (χ3v) is 13.4. The van der Waals surface area contributed by atoms with Gasteiger partial charge in [0.25, 0.3) is 17.7 Å². The highest BCUT2D eigenvalue weighted by Gasteiger charge is 2.40. The predicted molar refractivity (Wildman–Crippen MR) is 258 cm³/mol. The topological polar surface area (TPSA) is 237 Å². The molecule has 4 aliphatic rings. The number of fused-ring (bicyclic) bond motifs is 2. The molecule has 20 heteroatoms. The van der Waals surface area contributed by atoms with Gasteiger partial charge in [-0.3, -0.25) is 29.3 Å². The zero-order valence-electron chi connectivity index (χ0n) is 39.7. The van der Waals surface area contributed by atoms with Crippen LogP contribution in [0.5, 0.6) is 11.5 Å². The summed E-state index contributed by atoms with van der Waals surface area (Å²) in [6.07, 6.45) is 6.11. The molecule has 2 aromatic heterocycles. The summed E-state index contributed by atoms with van der Waals surface area (Å²) in [6.45, 7) is 6.07. The highest BCUT2D eigenvalue weighted by molar-refractivity contribution is 6.06. The van der Waals surface area contributed by atoms with Crippen molar-refractivity contribution in [3.8, 4) is 22.8 Å². The Morgan fingerprint density at radius 1 is 0.775 bits per heavy atom. The number of carbonyl (C=O) groups excluding carboxylic acids is 5. The number of carbonyl (C=O) groups is 5. The molecule has 5 aromatic rings. The largest absolute Gasteiger partial charge is 0.457 e. The van der Waals surface area contributed by atoms with Crippen molar-refractivity contribution >= 4 is 35.4 Å². The Morgan fingerprint density at radius 2 is 1.48 bits per heavy atom. The molecule has 20 nitrogen and oxygen atoms in total. The first kappa shape index (κ1) is 49.0. The second kappa shape index (κ2) is 23.3. The Labute approximate surface area is 411 Å². The molecule has 4 aliphatic heterocycles. The molecule has 2 saturated heterocycles. The SMILES string of the molecule is NC(=O)c1c(-c2ccc(Oc3ccccc3)cc2)nn2c1NCC[C@H]2C1CCN(C(=O)c2cn(CCOCCOCCOCCOCCCc3cccc4c3CN(C3CCC(=O)NC3=O)C4=O)nn2)CC1. The summed E-state index contributed by atoms with van der Waals surface area (Å²) >= 11 is 0. The van der Waals surface area contributed by atoms with Gasteiger partial charge in [0.15, 0.2) is 5.69 Å². The summed E-state index contributed by atoms with van der Waals surface area (Å²) in [4.78, 5) is 66.8. The first-order valence-electron chi connectivity index (χ1n) is 24.5. The minimum Gasteiger partial charge on any atom is -0.457 e. The first-order chi connectivity index (χ1) is 34.7. The van der Waals surface area contributed by atoms with Crippen LogP contribution in [0, 0.1) is 5.92 Å². The van der Waals surface area contributed by atoms with E-state index in [0.717, 1.165) is 54.5 Å². The third-order valence-electron chi connectivity index (χ3n) is 13.4. The highest BCUT2D eigenvalue weighted by atomic mass is 16.6. The number of ether oxygens (including phenoxy) is 5. The van der Waals surface area contributed by atoms with Gasteiger partial charge in [-0.15, -0.1) is 5.10 Å². The van der Waals surface area contributed by atoms with E-state index in [-0.39, 0.29) is 36.1 Å². The maximum Gasteiger partial charge on any atom is 0.276 e. The minimum absolute atomic E-state index is 0.0362. The number of rotatable bonds is 23. The molecule has 6 heterocycles. The molecule has 5 amide bonds. The number of nitrogens with two attached hydrogens (primary N) is 1. The number of hydrogen-bond acceptors (Lipinski definition) is 14. The van der Waals surface area contributed by atoms with Crippen LogP contribution in [0.2, 0.25) is 0 Å². The molecule has 2 fully saturated rings. The van der Waals surface area contributed by atoms with Gasteiger partial charge in [-0.2, -0.15) is 5.10 Å². The quantitative estimate of drug-likeness (QED) is 0.0608. The van der Waals surface area contributed by atoms with E-state index in [0.29, 0.717) is 126 Å². The number of primary amides is 1. The molecule has 0 radical (unpaired) electrons. The zero-order valence-corrected chi connectivity index (χ0v) is 39.7. The molecule has 4 N–H and O–H groups in total. The standard InChI is InChI=1S/C51H60N10O10/c52-47(63)45-46(36-11-13-38(14-12-36)71-37-8-2-1-3-9-37)56-61-42(17-20-53-48(45)61)35-18-21-58(22-19-35)51(66)41-33-59(57-55-41)23-25-68-27-29-70-31-30-69-28-26-67-24-5-7-34-6-4-10-39-40(34)32-60(50(39)65)43-15-16-44(62)54-49(43)64/h1-4,6,8-14,33,35,42-43,53H,5,7,15-32H2,(H2,52,63)(H,54,62,64)/t42-,43?/m0/s1. The lowest BCUT2D eigenvalue weighted by Crippen LogP contribution is -2.52. The van der Waals surface area contributed by atoms with Crippen LogP contribution < -0.4 is 21.1 Å². The first-order valence-corrected chi connectivity index (χ1v) is 24.5. The Bertz CT molecular complexity index is 2670. The van der Waals surface area contributed by atoms with Crippen molar-refractivity contribution in [3.05, 3.63) is 107 Å². The molecule has 374 valence electrons. The molecule has 1 unspecified atom stereocenters. The molecular weight excluding hydrogens is 913 g/mol. The molecule has 71 heavy (non-hydrogen) atoms. The van der Waals surface area contributed by atoms with E-state index < -0.39 is 17.9 Å². The summed E-state index contributed by atoms with van der Waals surface area (Å²) < 4.78 is 32.2. The van der Waals surface area contributed by atoms with Crippen molar-refractivity contribution in [2.75, 3.05) is 77.8 Å². The fraction of sp³-hybridized carbons (Fsp3) is 0.451. The van der Waals surface area contributed by atoms with Gasteiger partial charge in [-0.25, -0.2) is 9.36 Å². The van der Waals surface area contributed by atoms with Crippen LogP contribution in [0.25, 0.3) is 11.3 Å². The van der Waals surface area contributed by atoms with Gasteiger partial charge in [-0.05, 0) is 98.0 Å². The molecule has 0 saturated carbocycles. The number of benzene rings is 3. The highest BCUT2D eigenvalue weighted by Crippen LogP contribution is 2.40. The number of para-hydroxylation sites is 1. The van der Waals surface area contributed by atoms with E-state index in [9.17, 15) is 24.0 Å². The normalized spacial score (nSPS) is 18.0. The van der Waals surface area contributed by atoms with Gasteiger partial charge in [0, 0.05) is 50.3 Å². The number of aryl methyl sites for hydroxylation is 1. The van der Waals surface area contributed by atoms with Gasteiger partial charge in [0.2, 0.25) is 11.8 Å². The van der Waals surface area contributed by atoms with Crippen LogP contribution in [-0.4, -0.2) is 143 Å². The Hall–Kier alpha value is -7.00. The lowest BCUT2D eigenvalue weighted by atomic mass is 9.86. The second-order valence-electron chi connectivity index (χ2n) is 18.0. The van der Waals surface area contributed by atoms with Crippen molar-refractivity contribution < 1.29 is 47.7 Å². The summed E-state index contributed by atoms with van der Waals surface area (Å²) in [6, 6.07) is 22.1. The number of nitrogens with one attached hydrogen (secondary N) is 2. The van der Waals surface area contributed by atoms with Gasteiger partial charge in [-0.1, -0.05) is 35.5 Å². The van der Waals surface area contributed by atoms with Crippen LogP contribution in [0.15, 0.2) is 79.0 Å². The predicted octanol–water partition coefficient (Wildman–Crippen LogP) is 4.40. The zero-order chi connectivity index (χ0) is 49.1. The Kier molecular flexibility index (Phi) is 16.1. The molecule has 0 bridgehead atoms. The van der Waals surface area contributed by atoms with E-state index in [4.69, 9.17) is 34.5 Å². The van der Waals surface area contributed by atoms with Crippen LogP contribution in [0.3, 0.4) is 0 Å².